The Balaban J connectivity index is 2.44. The van der Waals surface area contributed by atoms with Crippen molar-refractivity contribution < 1.29 is 4.74 Å². The molecule has 0 aliphatic heterocycles. The van der Waals surface area contributed by atoms with Gasteiger partial charge >= 0.3 is 0 Å². The third-order valence-electron chi connectivity index (χ3n) is 2.53. The number of nitrogens with zero attached hydrogens (tertiary/aromatic N) is 1. The minimum absolute atomic E-state index is 0.547. The van der Waals surface area contributed by atoms with E-state index in [9.17, 15) is 0 Å². The van der Waals surface area contributed by atoms with Gasteiger partial charge in [-0.2, -0.15) is 5.26 Å². The van der Waals surface area contributed by atoms with Crippen LogP contribution in [-0.2, 0) is 0 Å². The second kappa shape index (κ2) is 5.96. The first-order valence-corrected chi connectivity index (χ1v) is 6.61. The highest BCUT2D eigenvalue weighted by Crippen LogP contribution is 2.32. The minimum atomic E-state index is 0.547. The predicted molar refractivity (Wildman–Crippen MR) is 80.1 cm³/mol. The Hall–Kier alpha value is -1.70. The predicted octanol–water partition coefficient (Wildman–Crippen LogP) is 4.73. The molecule has 5 heteroatoms. The van der Waals surface area contributed by atoms with Gasteiger partial charge in [0, 0.05) is 9.50 Å². The number of nitrogens with one attached hydrogen (secondary N) is 1. The van der Waals surface area contributed by atoms with Gasteiger partial charge in [0.05, 0.1) is 24.0 Å². The molecule has 3 nitrogen and oxygen atoms in total. The number of benzene rings is 2. The summed E-state index contributed by atoms with van der Waals surface area (Å²) in [4.78, 5) is 0. The van der Waals surface area contributed by atoms with Crippen LogP contribution in [0, 0.1) is 11.3 Å². The van der Waals surface area contributed by atoms with Crippen molar-refractivity contribution in [2.75, 3.05) is 12.4 Å². The summed E-state index contributed by atoms with van der Waals surface area (Å²) in [5.41, 5.74) is 1.95. The SMILES string of the molecule is COc1ccc(Cl)cc1Nc1cc(Br)ccc1C#N. The lowest BCUT2D eigenvalue weighted by Crippen LogP contribution is -1.97. The monoisotopic (exact) mass is 336 g/mol. The van der Waals surface area contributed by atoms with Crippen LogP contribution in [0.4, 0.5) is 11.4 Å². The summed E-state index contributed by atoms with van der Waals surface area (Å²) in [5, 5.41) is 12.9. The Morgan fingerprint density at radius 3 is 2.68 bits per heavy atom. The lowest BCUT2D eigenvalue weighted by molar-refractivity contribution is 0.417. The van der Waals surface area contributed by atoms with Crippen molar-refractivity contribution in [3.05, 3.63) is 51.5 Å². The molecule has 0 aromatic heterocycles. The van der Waals surface area contributed by atoms with Crippen molar-refractivity contribution in [1.29, 1.82) is 5.26 Å². The smallest absolute Gasteiger partial charge is 0.142 e. The molecule has 0 aliphatic rings. The maximum absolute atomic E-state index is 9.11. The van der Waals surface area contributed by atoms with Gasteiger partial charge in [-0.05, 0) is 36.4 Å². The number of halogens is 2. The van der Waals surface area contributed by atoms with Crippen LogP contribution >= 0.6 is 27.5 Å². The molecule has 2 rings (SSSR count). The van der Waals surface area contributed by atoms with Gasteiger partial charge in [-0.1, -0.05) is 27.5 Å². The first-order chi connectivity index (χ1) is 9.13. The van der Waals surface area contributed by atoms with Gasteiger partial charge in [0.15, 0.2) is 0 Å². The van der Waals surface area contributed by atoms with E-state index in [-0.39, 0.29) is 0 Å². The van der Waals surface area contributed by atoms with Crippen LogP contribution in [0.15, 0.2) is 40.9 Å². The molecule has 0 saturated heterocycles. The van der Waals surface area contributed by atoms with E-state index < -0.39 is 0 Å². The van der Waals surface area contributed by atoms with Gasteiger partial charge in [-0.15, -0.1) is 0 Å². The van der Waals surface area contributed by atoms with Gasteiger partial charge in [0.1, 0.15) is 11.8 Å². The van der Waals surface area contributed by atoms with Crippen molar-refractivity contribution >= 4 is 38.9 Å². The number of anilines is 2. The zero-order valence-electron chi connectivity index (χ0n) is 10.1. The molecule has 96 valence electrons. The summed E-state index contributed by atoms with van der Waals surface area (Å²) in [7, 11) is 1.58. The number of methoxy groups -OCH3 is 1. The molecule has 0 unspecified atom stereocenters. The minimum Gasteiger partial charge on any atom is -0.495 e. The van der Waals surface area contributed by atoms with Gasteiger partial charge in [0.2, 0.25) is 0 Å². The maximum atomic E-state index is 9.11. The summed E-state index contributed by atoms with van der Waals surface area (Å²) in [6.07, 6.45) is 0. The van der Waals surface area contributed by atoms with Crippen molar-refractivity contribution in [3.8, 4) is 11.8 Å². The number of ether oxygens (including phenoxy) is 1. The van der Waals surface area contributed by atoms with Crippen molar-refractivity contribution in [3.63, 3.8) is 0 Å². The zero-order chi connectivity index (χ0) is 13.8. The summed E-state index contributed by atoms with van der Waals surface area (Å²) >= 11 is 9.36. The molecule has 2 aromatic rings. The molecule has 0 bridgehead atoms. The fourth-order valence-electron chi connectivity index (χ4n) is 1.64. The van der Waals surface area contributed by atoms with Crippen molar-refractivity contribution in [2.24, 2.45) is 0 Å². The summed E-state index contributed by atoms with van der Waals surface area (Å²) in [6.45, 7) is 0. The second-order valence-corrected chi connectivity index (χ2v) is 5.12. The third kappa shape index (κ3) is 3.19. The molecule has 0 saturated carbocycles. The normalized spacial score (nSPS) is 9.79. The highest BCUT2D eigenvalue weighted by atomic mass is 79.9. The Labute approximate surface area is 124 Å². The largest absolute Gasteiger partial charge is 0.495 e. The van der Waals surface area contributed by atoms with Gasteiger partial charge in [-0.3, -0.25) is 0 Å². The molecule has 0 aliphatic carbocycles. The molecule has 0 spiro atoms. The fraction of sp³-hybridized carbons (Fsp3) is 0.0714. The Kier molecular flexibility index (Phi) is 4.31. The third-order valence-corrected chi connectivity index (χ3v) is 3.26. The Morgan fingerprint density at radius 1 is 1.21 bits per heavy atom. The Bertz CT molecular complexity index is 652. The Morgan fingerprint density at radius 2 is 2.00 bits per heavy atom. The number of nitriles is 1. The van der Waals surface area contributed by atoms with Crippen LogP contribution in [0.25, 0.3) is 0 Å². The first kappa shape index (κ1) is 13.7. The topological polar surface area (TPSA) is 45.0 Å². The molecular weight excluding hydrogens is 328 g/mol. The standard InChI is InChI=1S/C14H10BrClN2O/c1-19-14-5-4-11(16)7-13(14)18-12-6-10(15)3-2-9(12)8-17/h2-7,18H,1H3. The first-order valence-electron chi connectivity index (χ1n) is 5.44. The highest BCUT2D eigenvalue weighted by molar-refractivity contribution is 9.10. The van der Waals surface area contributed by atoms with Crippen LogP contribution in [-0.4, -0.2) is 7.11 Å². The molecule has 0 radical (unpaired) electrons. The number of hydrogen-bond acceptors (Lipinski definition) is 3. The van der Waals surface area contributed by atoms with E-state index in [0.29, 0.717) is 27.7 Å². The number of hydrogen-bond donors (Lipinski definition) is 1. The molecule has 0 amide bonds. The molecule has 0 fully saturated rings. The van der Waals surface area contributed by atoms with Gasteiger partial charge < -0.3 is 10.1 Å². The molecular formula is C14H10BrClN2O. The zero-order valence-corrected chi connectivity index (χ0v) is 12.4. The molecule has 0 heterocycles. The van der Waals surface area contributed by atoms with E-state index in [1.165, 1.54) is 0 Å². The van der Waals surface area contributed by atoms with E-state index in [1.54, 1.807) is 31.4 Å². The van der Waals surface area contributed by atoms with Gasteiger partial charge in [-0.25, -0.2) is 0 Å². The molecule has 19 heavy (non-hydrogen) atoms. The van der Waals surface area contributed by atoms with E-state index in [0.717, 1.165) is 4.47 Å². The average molecular weight is 338 g/mol. The van der Waals surface area contributed by atoms with Crippen molar-refractivity contribution in [2.45, 2.75) is 0 Å². The van der Waals surface area contributed by atoms with Crippen LogP contribution < -0.4 is 10.1 Å². The summed E-state index contributed by atoms with van der Waals surface area (Å²) in [5.74, 6) is 0.660. The lowest BCUT2D eigenvalue weighted by Gasteiger charge is -2.13. The fourth-order valence-corrected chi connectivity index (χ4v) is 2.17. The van der Waals surface area contributed by atoms with E-state index in [2.05, 4.69) is 27.3 Å². The van der Waals surface area contributed by atoms with E-state index >= 15 is 0 Å². The highest BCUT2D eigenvalue weighted by Gasteiger charge is 2.08. The van der Waals surface area contributed by atoms with Gasteiger partial charge in [0.25, 0.3) is 0 Å². The average Bonchev–Trinajstić information content (AvgIpc) is 2.39. The molecule has 0 atom stereocenters. The quantitative estimate of drug-likeness (QED) is 0.881. The van der Waals surface area contributed by atoms with E-state index in [1.807, 2.05) is 12.1 Å². The summed E-state index contributed by atoms with van der Waals surface area (Å²) < 4.78 is 6.14. The second-order valence-electron chi connectivity index (χ2n) is 3.77. The molecule has 1 N–H and O–H groups in total. The van der Waals surface area contributed by atoms with Crippen LogP contribution in [0.5, 0.6) is 5.75 Å². The van der Waals surface area contributed by atoms with Crippen molar-refractivity contribution in [1.82, 2.24) is 0 Å². The number of rotatable bonds is 3. The van der Waals surface area contributed by atoms with Crippen LogP contribution in [0.1, 0.15) is 5.56 Å². The maximum Gasteiger partial charge on any atom is 0.142 e. The lowest BCUT2D eigenvalue weighted by atomic mass is 10.2. The van der Waals surface area contributed by atoms with Crippen LogP contribution in [0.2, 0.25) is 5.02 Å². The van der Waals surface area contributed by atoms with E-state index in [4.69, 9.17) is 21.6 Å². The summed E-state index contributed by atoms with van der Waals surface area (Å²) in [6, 6.07) is 12.8. The molecule has 2 aromatic carbocycles. The van der Waals surface area contributed by atoms with Crippen LogP contribution in [0.3, 0.4) is 0 Å².